The number of aliphatic imine (C=N–C) groups is 1. The molecule has 1 aliphatic rings. The molecule has 1 fully saturated rings. The first-order valence-corrected chi connectivity index (χ1v) is 10.3. The van der Waals surface area contributed by atoms with Crippen molar-refractivity contribution in [2.45, 2.75) is 45.6 Å². The summed E-state index contributed by atoms with van der Waals surface area (Å²) in [7, 11) is 5.83. The number of nitrogens with zero attached hydrogens (tertiary/aromatic N) is 5. The Morgan fingerprint density at radius 2 is 2.21 bits per heavy atom. The molecule has 0 spiro atoms. The quantitative estimate of drug-likeness (QED) is 0.237. The second-order valence-corrected chi connectivity index (χ2v) is 8.09. The number of carbonyl (C=O) groups excluding carboxylic acids is 1. The molecular formula is C20H38IN7O. The maximum Gasteiger partial charge on any atom is 0.221 e. The summed E-state index contributed by atoms with van der Waals surface area (Å²) >= 11 is 0. The number of halogens is 1. The van der Waals surface area contributed by atoms with Gasteiger partial charge in [-0.25, -0.2) is 0 Å². The van der Waals surface area contributed by atoms with E-state index < -0.39 is 0 Å². The summed E-state index contributed by atoms with van der Waals surface area (Å²) in [5.74, 6) is 1.12. The van der Waals surface area contributed by atoms with Gasteiger partial charge >= 0.3 is 0 Å². The zero-order valence-electron chi connectivity index (χ0n) is 18.5. The van der Waals surface area contributed by atoms with E-state index in [2.05, 4.69) is 52.3 Å². The number of amides is 1. The van der Waals surface area contributed by atoms with Crippen molar-refractivity contribution >= 4 is 35.8 Å². The summed E-state index contributed by atoms with van der Waals surface area (Å²) in [6, 6.07) is 0. The molecule has 0 aromatic carbocycles. The van der Waals surface area contributed by atoms with Crippen LogP contribution in [0.3, 0.4) is 0 Å². The first kappa shape index (κ1) is 25.7. The van der Waals surface area contributed by atoms with E-state index in [1.165, 1.54) is 5.56 Å². The van der Waals surface area contributed by atoms with Crippen LogP contribution in [0, 0.1) is 5.92 Å². The molecule has 0 bridgehead atoms. The van der Waals surface area contributed by atoms with Crippen LogP contribution in [-0.4, -0.2) is 71.7 Å². The number of carbonyl (C=O) groups is 1. The van der Waals surface area contributed by atoms with Gasteiger partial charge in [-0.05, 0) is 38.3 Å². The molecule has 1 atom stereocenters. The van der Waals surface area contributed by atoms with Gasteiger partial charge in [-0.3, -0.25) is 14.5 Å². The van der Waals surface area contributed by atoms with Gasteiger partial charge in [-0.2, -0.15) is 5.10 Å². The third-order valence-electron chi connectivity index (χ3n) is 5.31. The first-order chi connectivity index (χ1) is 13.3. The van der Waals surface area contributed by atoms with Crippen molar-refractivity contribution in [1.82, 2.24) is 24.9 Å². The third-order valence-corrected chi connectivity index (χ3v) is 5.31. The van der Waals surface area contributed by atoms with Crippen molar-refractivity contribution in [3.63, 3.8) is 0 Å². The van der Waals surface area contributed by atoms with E-state index in [4.69, 9.17) is 5.73 Å². The molecule has 8 nitrogen and oxygen atoms in total. The van der Waals surface area contributed by atoms with Crippen LogP contribution < -0.4 is 11.1 Å². The number of hydrogen-bond donors (Lipinski definition) is 2. The Hall–Kier alpha value is -1.36. The van der Waals surface area contributed by atoms with Gasteiger partial charge in [-0.15, -0.1) is 24.0 Å². The number of piperidine rings is 1. The molecule has 1 unspecified atom stereocenters. The average Bonchev–Trinajstić information content (AvgIpc) is 3.02. The summed E-state index contributed by atoms with van der Waals surface area (Å²) in [6.07, 6.45) is 5.07. The van der Waals surface area contributed by atoms with Crippen LogP contribution in [0.15, 0.2) is 11.2 Å². The minimum Gasteiger partial charge on any atom is -0.369 e. The highest BCUT2D eigenvalue weighted by atomic mass is 127. The molecule has 0 saturated carbocycles. The number of nitrogens with two attached hydrogens (primary N) is 1. The fraction of sp³-hybridized carbons (Fsp3) is 0.750. The highest BCUT2D eigenvalue weighted by Crippen LogP contribution is 2.18. The summed E-state index contributed by atoms with van der Waals surface area (Å²) in [4.78, 5) is 20.3. The third kappa shape index (κ3) is 7.76. The van der Waals surface area contributed by atoms with E-state index in [-0.39, 0.29) is 35.8 Å². The van der Waals surface area contributed by atoms with E-state index in [1.54, 1.807) is 0 Å². The first-order valence-electron chi connectivity index (χ1n) is 10.3. The number of rotatable bonds is 8. The minimum absolute atomic E-state index is 0. The molecule has 0 radical (unpaired) electrons. The van der Waals surface area contributed by atoms with E-state index in [9.17, 15) is 4.79 Å². The van der Waals surface area contributed by atoms with E-state index in [0.717, 1.165) is 63.6 Å². The lowest BCUT2D eigenvalue weighted by Gasteiger charge is -2.31. The topological polar surface area (TPSA) is 91.8 Å². The van der Waals surface area contributed by atoms with Crippen molar-refractivity contribution in [2.24, 2.45) is 23.7 Å². The van der Waals surface area contributed by atoms with Gasteiger partial charge < -0.3 is 20.9 Å². The van der Waals surface area contributed by atoms with Gasteiger partial charge in [0.2, 0.25) is 5.91 Å². The minimum atomic E-state index is -0.166. The maximum atomic E-state index is 11.4. The zero-order valence-corrected chi connectivity index (χ0v) is 20.8. The fourth-order valence-corrected chi connectivity index (χ4v) is 3.87. The highest BCUT2D eigenvalue weighted by Gasteiger charge is 2.23. The molecule has 29 heavy (non-hydrogen) atoms. The van der Waals surface area contributed by atoms with Crippen LogP contribution in [0.1, 0.15) is 50.3 Å². The molecule has 1 amide bonds. The Morgan fingerprint density at radius 1 is 1.48 bits per heavy atom. The van der Waals surface area contributed by atoms with E-state index in [1.807, 2.05) is 18.8 Å². The van der Waals surface area contributed by atoms with Gasteiger partial charge in [0.25, 0.3) is 0 Å². The SMILES string of the molecule is CN=C(NCCCN1CCCC(C(N)=O)C1)N(C)Cc1cn(C)nc1C(C)C.I. The lowest BCUT2D eigenvalue weighted by Crippen LogP contribution is -2.43. The van der Waals surface area contributed by atoms with Crippen molar-refractivity contribution in [3.8, 4) is 0 Å². The molecule has 2 rings (SSSR count). The molecule has 1 aromatic rings. The van der Waals surface area contributed by atoms with Crippen LogP contribution in [0.5, 0.6) is 0 Å². The number of likely N-dealkylation sites (tertiary alicyclic amines) is 1. The number of aryl methyl sites for hydroxylation is 1. The number of hydrogen-bond acceptors (Lipinski definition) is 4. The van der Waals surface area contributed by atoms with Gasteiger partial charge in [0.15, 0.2) is 5.96 Å². The lowest BCUT2D eigenvalue weighted by atomic mass is 9.97. The van der Waals surface area contributed by atoms with Crippen LogP contribution in [-0.2, 0) is 18.4 Å². The normalized spacial score (nSPS) is 17.9. The molecule has 3 N–H and O–H groups in total. The second-order valence-electron chi connectivity index (χ2n) is 8.09. The smallest absolute Gasteiger partial charge is 0.221 e. The second kappa shape index (κ2) is 12.4. The van der Waals surface area contributed by atoms with E-state index >= 15 is 0 Å². The lowest BCUT2D eigenvalue weighted by molar-refractivity contribution is -0.123. The number of nitrogens with one attached hydrogen (secondary N) is 1. The average molecular weight is 519 g/mol. The van der Waals surface area contributed by atoms with Gasteiger partial charge in [0, 0.05) is 52.5 Å². The largest absolute Gasteiger partial charge is 0.369 e. The molecule has 0 aliphatic carbocycles. The summed E-state index contributed by atoms with van der Waals surface area (Å²) in [5, 5.41) is 8.03. The molecular weight excluding hydrogens is 481 g/mol. The molecule has 1 saturated heterocycles. The predicted molar refractivity (Wildman–Crippen MR) is 129 cm³/mol. The Bertz CT molecular complexity index is 674. The molecule has 9 heteroatoms. The maximum absolute atomic E-state index is 11.4. The number of guanidine groups is 1. The predicted octanol–water partition coefficient (Wildman–Crippen LogP) is 1.76. The summed E-state index contributed by atoms with van der Waals surface area (Å²) in [6.45, 7) is 8.77. The van der Waals surface area contributed by atoms with Crippen LogP contribution in [0.2, 0.25) is 0 Å². The van der Waals surface area contributed by atoms with Gasteiger partial charge in [0.05, 0.1) is 11.6 Å². The molecule has 1 aromatic heterocycles. The van der Waals surface area contributed by atoms with Crippen molar-refractivity contribution in [2.75, 3.05) is 40.3 Å². The van der Waals surface area contributed by atoms with Gasteiger partial charge in [0.1, 0.15) is 0 Å². The number of aromatic nitrogens is 2. The standard InChI is InChI=1S/C20H37N7O.HI/c1-15(2)18-17(13-26(5)24-18)12-25(4)20(22-3)23-9-7-11-27-10-6-8-16(14-27)19(21)28;/h13,15-16H,6-12,14H2,1-5H3,(H2,21,28)(H,22,23);1H. The monoisotopic (exact) mass is 519 g/mol. The van der Waals surface area contributed by atoms with Crippen molar-refractivity contribution in [3.05, 3.63) is 17.5 Å². The number of primary amides is 1. The van der Waals surface area contributed by atoms with Crippen LogP contribution in [0.25, 0.3) is 0 Å². The molecule has 1 aliphatic heterocycles. The highest BCUT2D eigenvalue weighted by molar-refractivity contribution is 14.0. The molecule has 166 valence electrons. The summed E-state index contributed by atoms with van der Waals surface area (Å²) in [5.41, 5.74) is 7.83. The van der Waals surface area contributed by atoms with E-state index in [0.29, 0.717) is 5.92 Å². The Balaban J connectivity index is 0.00000420. The summed E-state index contributed by atoms with van der Waals surface area (Å²) < 4.78 is 1.88. The molecule has 2 heterocycles. The zero-order chi connectivity index (χ0) is 20.7. The van der Waals surface area contributed by atoms with Gasteiger partial charge in [-0.1, -0.05) is 13.8 Å². The van der Waals surface area contributed by atoms with Crippen molar-refractivity contribution in [1.29, 1.82) is 0 Å². The van der Waals surface area contributed by atoms with Crippen LogP contribution >= 0.6 is 24.0 Å². The Labute approximate surface area is 192 Å². The van der Waals surface area contributed by atoms with Crippen molar-refractivity contribution < 1.29 is 4.79 Å². The fourth-order valence-electron chi connectivity index (χ4n) is 3.87. The Kier molecular flexibility index (Phi) is 10.9. The van der Waals surface area contributed by atoms with Crippen LogP contribution in [0.4, 0.5) is 0 Å². The Morgan fingerprint density at radius 3 is 2.83 bits per heavy atom.